The van der Waals surface area contributed by atoms with Crippen LogP contribution in [0.25, 0.3) is 0 Å². The number of aliphatic hydroxyl groups excluding tert-OH is 1. The van der Waals surface area contributed by atoms with E-state index in [0.717, 1.165) is 5.56 Å². The van der Waals surface area contributed by atoms with Crippen molar-refractivity contribution in [2.45, 2.75) is 25.9 Å². The number of hydrogen-bond donors (Lipinski definition) is 2. The summed E-state index contributed by atoms with van der Waals surface area (Å²) in [4.78, 5) is 0. The first-order valence-electron chi connectivity index (χ1n) is 4.91. The van der Waals surface area contributed by atoms with Crippen LogP contribution in [-0.4, -0.2) is 17.8 Å². The van der Waals surface area contributed by atoms with Gasteiger partial charge in [-0.25, -0.2) is 4.39 Å². The molecule has 0 saturated carbocycles. The summed E-state index contributed by atoms with van der Waals surface area (Å²) in [5.41, 5.74) is 0.849. The third-order valence-electron chi connectivity index (χ3n) is 2.20. The molecule has 0 aliphatic carbocycles. The lowest BCUT2D eigenvalue weighted by Gasteiger charge is -2.12. The summed E-state index contributed by atoms with van der Waals surface area (Å²) >= 11 is 5.56. The van der Waals surface area contributed by atoms with Gasteiger partial charge in [-0.15, -0.1) is 0 Å². The molecule has 1 atom stereocenters. The van der Waals surface area contributed by atoms with E-state index in [1.54, 1.807) is 12.1 Å². The minimum atomic E-state index is -0.397. The fourth-order valence-electron chi connectivity index (χ4n) is 1.24. The SMILES string of the molecule is C[C@H](CCO)NCc1ccc(Cl)c(F)c1. The van der Waals surface area contributed by atoms with Crippen molar-refractivity contribution in [3.63, 3.8) is 0 Å². The second kappa shape index (κ2) is 6.05. The fourth-order valence-corrected chi connectivity index (χ4v) is 1.35. The van der Waals surface area contributed by atoms with Gasteiger partial charge in [0, 0.05) is 19.2 Å². The van der Waals surface area contributed by atoms with Crippen molar-refractivity contribution in [3.05, 3.63) is 34.6 Å². The monoisotopic (exact) mass is 231 g/mol. The molecule has 1 aromatic rings. The highest BCUT2D eigenvalue weighted by molar-refractivity contribution is 6.30. The predicted molar refractivity (Wildman–Crippen MR) is 59.4 cm³/mol. The zero-order valence-corrected chi connectivity index (χ0v) is 9.39. The molecule has 84 valence electrons. The first-order chi connectivity index (χ1) is 7.13. The lowest BCUT2D eigenvalue weighted by molar-refractivity contribution is 0.268. The van der Waals surface area contributed by atoms with E-state index in [1.807, 2.05) is 6.92 Å². The number of halogens is 2. The van der Waals surface area contributed by atoms with Gasteiger partial charge in [0.1, 0.15) is 5.82 Å². The van der Waals surface area contributed by atoms with Gasteiger partial charge in [0.2, 0.25) is 0 Å². The second-order valence-corrected chi connectivity index (χ2v) is 3.95. The molecule has 0 aliphatic heterocycles. The summed E-state index contributed by atoms with van der Waals surface area (Å²) in [5.74, 6) is -0.397. The maximum atomic E-state index is 13.1. The lowest BCUT2D eigenvalue weighted by atomic mass is 10.2. The molecule has 0 unspecified atom stereocenters. The van der Waals surface area contributed by atoms with Crippen molar-refractivity contribution >= 4 is 11.6 Å². The van der Waals surface area contributed by atoms with Crippen molar-refractivity contribution < 1.29 is 9.50 Å². The third kappa shape index (κ3) is 4.16. The van der Waals surface area contributed by atoms with Gasteiger partial charge in [-0.2, -0.15) is 0 Å². The summed E-state index contributed by atoms with van der Waals surface area (Å²) in [6.07, 6.45) is 0.691. The van der Waals surface area contributed by atoms with Gasteiger partial charge < -0.3 is 10.4 Å². The van der Waals surface area contributed by atoms with Crippen molar-refractivity contribution in [1.29, 1.82) is 0 Å². The Bertz CT molecular complexity index is 319. The number of benzene rings is 1. The maximum Gasteiger partial charge on any atom is 0.142 e. The molecule has 0 amide bonds. The summed E-state index contributed by atoms with van der Waals surface area (Å²) in [7, 11) is 0. The number of hydrogen-bond acceptors (Lipinski definition) is 2. The molecular weight excluding hydrogens is 217 g/mol. The molecule has 2 N–H and O–H groups in total. The minimum Gasteiger partial charge on any atom is -0.396 e. The summed E-state index contributed by atoms with van der Waals surface area (Å²) in [6, 6.07) is 4.96. The molecule has 2 nitrogen and oxygen atoms in total. The summed E-state index contributed by atoms with van der Waals surface area (Å²) in [5, 5.41) is 12.0. The first-order valence-corrected chi connectivity index (χ1v) is 5.29. The van der Waals surface area contributed by atoms with Gasteiger partial charge in [-0.05, 0) is 31.0 Å². The standard InChI is InChI=1S/C11H15ClFNO/c1-8(4-5-15)14-7-9-2-3-10(12)11(13)6-9/h2-3,6,8,14-15H,4-5,7H2,1H3/t8-/m1/s1. The molecular formula is C11H15ClFNO. The molecule has 0 heterocycles. The van der Waals surface area contributed by atoms with E-state index in [0.29, 0.717) is 13.0 Å². The van der Waals surface area contributed by atoms with Crippen LogP contribution in [0.15, 0.2) is 18.2 Å². The Morgan fingerprint density at radius 2 is 2.27 bits per heavy atom. The van der Waals surface area contributed by atoms with E-state index >= 15 is 0 Å². The summed E-state index contributed by atoms with van der Waals surface area (Å²) < 4.78 is 13.1. The molecule has 0 bridgehead atoms. The number of rotatable bonds is 5. The van der Waals surface area contributed by atoms with Crippen molar-refractivity contribution in [2.75, 3.05) is 6.61 Å². The Morgan fingerprint density at radius 1 is 1.53 bits per heavy atom. The Morgan fingerprint density at radius 3 is 2.87 bits per heavy atom. The highest BCUT2D eigenvalue weighted by Crippen LogP contribution is 2.15. The Kier molecular flexibility index (Phi) is 5.02. The highest BCUT2D eigenvalue weighted by Gasteiger charge is 2.03. The van der Waals surface area contributed by atoms with E-state index in [-0.39, 0.29) is 17.7 Å². The highest BCUT2D eigenvalue weighted by atomic mass is 35.5. The number of nitrogens with one attached hydrogen (secondary N) is 1. The minimum absolute atomic E-state index is 0.141. The van der Waals surface area contributed by atoms with Crippen LogP contribution in [0.3, 0.4) is 0 Å². The first kappa shape index (κ1) is 12.4. The Hall–Kier alpha value is -0.640. The second-order valence-electron chi connectivity index (χ2n) is 3.54. The molecule has 15 heavy (non-hydrogen) atoms. The van der Waals surface area contributed by atoms with Gasteiger partial charge in [0.15, 0.2) is 0 Å². The van der Waals surface area contributed by atoms with E-state index in [1.165, 1.54) is 6.07 Å². The zero-order chi connectivity index (χ0) is 11.3. The van der Waals surface area contributed by atoms with Crippen LogP contribution in [0.2, 0.25) is 5.02 Å². The predicted octanol–water partition coefficient (Wildman–Crippen LogP) is 2.34. The normalized spacial score (nSPS) is 12.8. The van der Waals surface area contributed by atoms with Crippen LogP contribution in [-0.2, 0) is 6.54 Å². The zero-order valence-electron chi connectivity index (χ0n) is 8.63. The fraction of sp³-hybridized carbons (Fsp3) is 0.455. The molecule has 4 heteroatoms. The van der Waals surface area contributed by atoms with Crippen LogP contribution in [0.1, 0.15) is 18.9 Å². The molecule has 1 aromatic carbocycles. The topological polar surface area (TPSA) is 32.3 Å². The Balaban J connectivity index is 2.47. The van der Waals surface area contributed by atoms with Crippen LogP contribution >= 0.6 is 11.6 Å². The molecule has 0 radical (unpaired) electrons. The molecule has 0 fully saturated rings. The quantitative estimate of drug-likeness (QED) is 0.815. The van der Waals surface area contributed by atoms with E-state index in [2.05, 4.69) is 5.32 Å². The number of aliphatic hydroxyl groups is 1. The molecule has 0 spiro atoms. The van der Waals surface area contributed by atoms with Gasteiger partial charge in [-0.1, -0.05) is 17.7 Å². The molecule has 0 aliphatic rings. The average Bonchev–Trinajstić information content (AvgIpc) is 2.20. The van der Waals surface area contributed by atoms with Crippen molar-refractivity contribution in [1.82, 2.24) is 5.32 Å². The van der Waals surface area contributed by atoms with Gasteiger partial charge in [0.05, 0.1) is 5.02 Å². The lowest BCUT2D eigenvalue weighted by Crippen LogP contribution is -2.26. The van der Waals surface area contributed by atoms with E-state index in [9.17, 15) is 4.39 Å². The summed E-state index contributed by atoms with van der Waals surface area (Å²) in [6.45, 7) is 2.71. The van der Waals surface area contributed by atoms with Crippen LogP contribution in [0.5, 0.6) is 0 Å². The van der Waals surface area contributed by atoms with Crippen LogP contribution in [0.4, 0.5) is 4.39 Å². The van der Waals surface area contributed by atoms with E-state index < -0.39 is 5.82 Å². The largest absolute Gasteiger partial charge is 0.396 e. The third-order valence-corrected chi connectivity index (χ3v) is 2.51. The van der Waals surface area contributed by atoms with E-state index in [4.69, 9.17) is 16.7 Å². The molecule has 1 rings (SSSR count). The maximum absolute atomic E-state index is 13.1. The van der Waals surface area contributed by atoms with Crippen LogP contribution < -0.4 is 5.32 Å². The van der Waals surface area contributed by atoms with Gasteiger partial charge >= 0.3 is 0 Å². The van der Waals surface area contributed by atoms with Gasteiger partial charge in [0.25, 0.3) is 0 Å². The van der Waals surface area contributed by atoms with Crippen molar-refractivity contribution in [3.8, 4) is 0 Å². The smallest absolute Gasteiger partial charge is 0.142 e. The van der Waals surface area contributed by atoms with Crippen LogP contribution in [0, 0.1) is 5.82 Å². The average molecular weight is 232 g/mol. The Labute approximate surface area is 94.1 Å². The molecule has 0 aromatic heterocycles. The van der Waals surface area contributed by atoms with Crippen molar-refractivity contribution in [2.24, 2.45) is 0 Å². The molecule has 0 saturated heterocycles. The van der Waals surface area contributed by atoms with Gasteiger partial charge in [-0.3, -0.25) is 0 Å².